The lowest BCUT2D eigenvalue weighted by Gasteiger charge is -2.33. The van der Waals surface area contributed by atoms with Gasteiger partial charge in [0.15, 0.2) is 0 Å². The highest BCUT2D eigenvalue weighted by Gasteiger charge is 2.21. The molecule has 0 spiro atoms. The van der Waals surface area contributed by atoms with Crippen LogP contribution in [0.5, 0.6) is 0 Å². The Hall–Kier alpha value is 0.690. The molecule has 0 saturated carbocycles. The van der Waals surface area contributed by atoms with Crippen molar-refractivity contribution < 1.29 is 4.48 Å². The standard InChI is InChI=1S/C16H35IN/c1-5-6-7-8-9-10-11-12-13-14-16(15-17)18(2,3)4/h16H,5-15H2,1-4H3/q+1. The zero-order valence-electron chi connectivity index (χ0n) is 13.2. The molecule has 1 unspecified atom stereocenters. The number of alkyl halides is 1. The Morgan fingerprint density at radius 2 is 1.22 bits per heavy atom. The highest BCUT2D eigenvalue weighted by atomic mass is 127. The molecule has 0 radical (unpaired) electrons. The van der Waals surface area contributed by atoms with E-state index >= 15 is 0 Å². The first-order valence-corrected chi connectivity index (χ1v) is 9.42. The molecule has 0 N–H and O–H groups in total. The minimum atomic E-state index is 0.843. The van der Waals surface area contributed by atoms with Crippen molar-refractivity contribution in [3.05, 3.63) is 0 Å². The summed E-state index contributed by atoms with van der Waals surface area (Å²) in [4.78, 5) is 0. The van der Waals surface area contributed by atoms with Crippen LogP contribution in [0.4, 0.5) is 0 Å². The third kappa shape index (κ3) is 10.6. The van der Waals surface area contributed by atoms with Crippen molar-refractivity contribution in [3.63, 3.8) is 0 Å². The molecule has 0 saturated heterocycles. The van der Waals surface area contributed by atoms with E-state index in [0.717, 1.165) is 10.5 Å². The molecule has 0 aromatic carbocycles. The van der Waals surface area contributed by atoms with Gasteiger partial charge in [0.2, 0.25) is 0 Å². The molecule has 0 heterocycles. The maximum atomic E-state index is 2.55. The predicted octanol–water partition coefficient (Wildman–Crippen LogP) is 5.42. The number of hydrogen-bond donors (Lipinski definition) is 0. The fourth-order valence-corrected chi connectivity index (χ4v) is 3.98. The average molecular weight is 368 g/mol. The molecular weight excluding hydrogens is 333 g/mol. The minimum Gasteiger partial charge on any atom is -0.328 e. The first-order valence-electron chi connectivity index (χ1n) is 7.89. The van der Waals surface area contributed by atoms with Gasteiger partial charge in [0.1, 0.15) is 0 Å². The van der Waals surface area contributed by atoms with Crippen molar-refractivity contribution in [2.45, 2.75) is 77.2 Å². The first kappa shape index (κ1) is 18.7. The van der Waals surface area contributed by atoms with Crippen LogP contribution in [0.1, 0.15) is 71.1 Å². The number of halogens is 1. The summed E-state index contributed by atoms with van der Waals surface area (Å²) in [5, 5.41) is 0. The van der Waals surface area contributed by atoms with Crippen molar-refractivity contribution in [1.82, 2.24) is 0 Å². The molecule has 0 aromatic rings. The molecule has 0 aliphatic rings. The Bertz CT molecular complexity index is 174. The van der Waals surface area contributed by atoms with E-state index in [1.54, 1.807) is 0 Å². The maximum absolute atomic E-state index is 2.55. The second-order valence-corrected chi connectivity index (χ2v) is 7.42. The Kier molecular flexibility index (Phi) is 12.0. The molecule has 18 heavy (non-hydrogen) atoms. The third-order valence-corrected chi connectivity index (χ3v) is 4.93. The lowest BCUT2D eigenvalue weighted by atomic mass is 10.0. The molecule has 110 valence electrons. The van der Waals surface area contributed by atoms with Crippen LogP contribution < -0.4 is 0 Å². The molecule has 0 amide bonds. The second-order valence-electron chi connectivity index (χ2n) is 6.54. The molecule has 1 atom stereocenters. The normalized spacial score (nSPS) is 13.8. The highest BCUT2D eigenvalue weighted by molar-refractivity contribution is 14.1. The quantitative estimate of drug-likeness (QED) is 0.187. The van der Waals surface area contributed by atoms with Crippen LogP contribution in [0.25, 0.3) is 0 Å². The lowest BCUT2D eigenvalue weighted by Crippen LogP contribution is -2.46. The molecule has 0 fully saturated rings. The summed E-state index contributed by atoms with van der Waals surface area (Å²) in [6.45, 7) is 2.29. The van der Waals surface area contributed by atoms with Crippen LogP contribution in [0.3, 0.4) is 0 Å². The van der Waals surface area contributed by atoms with E-state index in [1.807, 2.05) is 0 Å². The molecule has 0 rings (SSSR count). The van der Waals surface area contributed by atoms with E-state index in [4.69, 9.17) is 0 Å². The van der Waals surface area contributed by atoms with Crippen molar-refractivity contribution in [2.75, 3.05) is 25.6 Å². The Balaban J connectivity index is 3.34. The number of quaternary nitrogens is 1. The van der Waals surface area contributed by atoms with Gasteiger partial charge in [-0.15, -0.1) is 0 Å². The molecular formula is C16H35IN+. The monoisotopic (exact) mass is 368 g/mol. The van der Waals surface area contributed by atoms with Gasteiger partial charge in [-0.3, -0.25) is 0 Å². The van der Waals surface area contributed by atoms with Gasteiger partial charge in [0.05, 0.1) is 31.6 Å². The highest BCUT2D eigenvalue weighted by Crippen LogP contribution is 2.16. The molecule has 1 nitrogen and oxygen atoms in total. The largest absolute Gasteiger partial charge is 0.328 e. The summed E-state index contributed by atoms with van der Waals surface area (Å²) < 4.78 is 2.41. The van der Waals surface area contributed by atoms with E-state index in [2.05, 4.69) is 50.7 Å². The van der Waals surface area contributed by atoms with Crippen LogP contribution in [-0.2, 0) is 0 Å². The summed E-state index contributed by atoms with van der Waals surface area (Å²) in [6, 6.07) is 0.843. The zero-order chi connectivity index (χ0) is 13.9. The van der Waals surface area contributed by atoms with Crippen LogP contribution in [0.2, 0.25) is 0 Å². The van der Waals surface area contributed by atoms with E-state index in [-0.39, 0.29) is 0 Å². The molecule has 2 heteroatoms. The summed E-state index contributed by atoms with van der Waals surface area (Å²) in [7, 11) is 6.99. The van der Waals surface area contributed by atoms with E-state index in [9.17, 15) is 0 Å². The van der Waals surface area contributed by atoms with Gasteiger partial charge in [-0.05, 0) is 6.42 Å². The second kappa shape index (κ2) is 11.5. The van der Waals surface area contributed by atoms with Crippen LogP contribution in [0, 0.1) is 0 Å². The van der Waals surface area contributed by atoms with Gasteiger partial charge < -0.3 is 4.48 Å². The Morgan fingerprint density at radius 3 is 1.61 bits per heavy atom. The topological polar surface area (TPSA) is 0 Å². The van der Waals surface area contributed by atoms with Gasteiger partial charge in [0.25, 0.3) is 0 Å². The summed E-state index contributed by atoms with van der Waals surface area (Å²) in [5.41, 5.74) is 0. The number of rotatable bonds is 12. The maximum Gasteiger partial charge on any atom is 0.0974 e. The summed E-state index contributed by atoms with van der Waals surface area (Å²) in [6.07, 6.45) is 14.4. The van der Waals surface area contributed by atoms with Gasteiger partial charge in [-0.25, -0.2) is 0 Å². The average Bonchev–Trinajstić information content (AvgIpc) is 2.30. The number of unbranched alkanes of at least 4 members (excludes halogenated alkanes) is 8. The Labute approximate surface area is 129 Å². The third-order valence-electron chi connectivity index (χ3n) is 3.91. The summed E-state index contributed by atoms with van der Waals surface area (Å²) in [5.74, 6) is 0. The molecule has 0 aliphatic carbocycles. The van der Waals surface area contributed by atoms with E-state index in [0.29, 0.717) is 0 Å². The Morgan fingerprint density at radius 1 is 0.778 bits per heavy atom. The zero-order valence-corrected chi connectivity index (χ0v) is 15.3. The number of hydrogen-bond acceptors (Lipinski definition) is 0. The minimum absolute atomic E-state index is 0.843. The lowest BCUT2D eigenvalue weighted by molar-refractivity contribution is -0.893. The first-order chi connectivity index (χ1) is 8.52. The van der Waals surface area contributed by atoms with Gasteiger partial charge >= 0.3 is 0 Å². The molecule has 0 aliphatic heterocycles. The number of nitrogens with zero attached hydrogens (tertiary/aromatic N) is 1. The van der Waals surface area contributed by atoms with Gasteiger partial charge in [-0.2, -0.15) is 0 Å². The molecule has 0 aromatic heterocycles. The van der Waals surface area contributed by atoms with Crippen LogP contribution in [-0.4, -0.2) is 36.1 Å². The smallest absolute Gasteiger partial charge is 0.0974 e. The van der Waals surface area contributed by atoms with E-state index < -0.39 is 0 Å². The fraction of sp³-hybridized carbons (Fsp3) is 1.00. The van der Waals surface area contributed by atoms with Crippen molar-refractivity contribution in [3.8, 4) is 0 Å². The van der Waals surface area contributed by atoms with Crippen LogP contribution in [0.15, 0.2) is 0 Å². The van der Waals surface area contributed by atoms with Crippen LogP contribution >= 0.6 is 22.6 Å². The fourth-order valence-electron chi connectivity index (χ4n) is 2.36. The van der Waals surface area contributed by atoms with Crippen molar-refractivity contribution >= 4 is 22.6 Å². The summed E-state index contributed by atoms with van der Waals surface area (Å²) >= 11 is 2.55. The van der Waals surface area contributed by atoms with E-state index in [1.165, 1.54) is 68.6 Å². The van der Waals surface area contributed by atoms with Gasteiger partial charge in [-0.1, -0.05) is 80.9 Å². The van der Waals surface area contributed by atoms with Crippen molar-refractivity contribution in [1.29, 1.82) is 0 Å². The van der Waals surface area contributed by atoms with Crippen molar-refractivity contribution in [2.24, 2.45) is 0 Å². The van der Waals surface area contributed by atoms with Gasteiger partial charge in [0, 0.05) is 6.42 Å². The predicted molar refractivity (Wildman–Crippen MR) is 92.6 cm³/mol. The SMILES string of the molecule is CCCCCCCCCCCC(CI)[N+](C)(C)C. The molecule has 0 bridgehead atoms.